The van der Waals surface area contributed by atoms with E-state index in [1.54, 1.807) is 10.9 Å². The lowest BCUT2D eigenvalue weighted by Crippen LogP contribution is -2.35. The molecule has 1 aromatic heterocycles. The first-order chi connectivity index (χ1) is 7.44. The van der Waals surface area contributed by atoms with E-state index in [0.717, 1.165) is 11.3 Å². The van der Waals surface area contributed by atoms with Crippen molar-refractivity contribution in [1.82, 2.24) is 9.78 Å². The number of aromatic nitrogens is 2. The Labute approximate surface area is 92.5 Å². The topological polar surface area (TPSA) is 76.7 Å². The van der Waals surface area contributed by atoms with Gasteiger partial charge in [-0.2, -0.15) is 5.10 Å². The summed E-state index contributed by atoms with van der Waals surface area (Å²) in [4.78, 5) is 16.0. The van der Waals surface area contributed by atoms with E-state index >= 15 is 0 Å². The fourth-order valence-electron chi connectivity index (χ4n) is 1.58. The monoisotopic (exact) mass is 223 g/mol. The molecule has 0 fully saturated rings. The van der Waals surface area contributed by atoms with E-state index in [1.165, 1.54) is 6.92 Å². The molecule has 86 valence electrons. The number of oxime groups is 1. The molecule has 1 aliphatic heterocycles. The molecule has 6 nitrogen and oxygen atoms in total. The minimum absolute atomic E-state index is 0.259. The molecule has 1 N–H and O–H groups in total. The summed E-state index contributed by atoms with van der Waals surface area (Å²) >= 11 is 0. The third-order valence-electron chi connectivity index (χ3n) is 2.86. The number of aryl methyl sites for hydroxylation is 1. The van der Waals surface area contributed by atoms with Crippen LogP contribution in [0.25, 0.3) is 0 Å². The van der Waals surface area contributed by atoms with E-state index in [2.05, 4.69) is 10.3 Å². The van der Waals surface area contributed by atoms with Gasteiger partial charge in [0, 0.05) is 24.7 Å². The Bertz CT molecular complexity index is 478. The van der Waals surface area contributed by atoms with Gasteiger partial charge in [0.1, 0.15) is 0 Å². The third kappa shape index (κ3) is 1.46. The molecular formula is C10H13N3O3. The Morgan fingerprint density at radius 1 is 1.69 bits per heavy atom. The van der Waals surface area contributed by atoms with Gasteiger partial charge in [0.15, 0.2) is 0 Å². The Morgan fingerprint density at radius 2 is 2.38 bits per heavy atom. The van der Waals surface area contributed by atoms with Gasteiger partial charge in [-0.1, -0.05) is 5.16 Å². The van der Waals surface area contributed by atoms with Gasteiger partial charge in [0.25, 0.3) is 0 Å². The Balaban J connectivity index is 2.27. The van der Waals surface area contributed by atoms with E-state index in [9.17, 15) is 4.79 Å². The first-order valence-corrected chi connectivity index (χ1v) is 4.91. The van der Waals surface area contributed by atoms with Crippen LogP contribution in [-0.2, 0) is 16.7 Å². The van der Waals surface area contributed by atoms with Crippen molar-refractivity contribution in [3.8, 4) is 0 Å². The molecule has 0 amide bonds. The van der Waals surface area contributed by atoms with Crippen molar-refractivity contribution in [3.05, 3.63) is 17.5 Å². The second-order valence-electron chi connectivity index (χ2n) is 4.11. The summed E-state index contributed by atoms with van der Waals surface area (Å²) in [6.45, 7) is 3.42. The van der Waals surface area contributed by atoms with Gasteiger partial charge in [0.2, 0.25) is 5.60 Å². The fourth-order valence-corrected chi connectivity index (χ4v) is 1.58. The quantitative estimate of drug-likeness (QED) is 0.800. The van der Waals surface area contributed by atoms with E-state index in [0.29, 0.717) is 5.71 Å². The van der Waals surface area contributed by atoms with E-state index in [4.69, 9.17) is 9.94 Å². The van der Waals surface area contributed by atoms with Crippen molar-refractivity contribution >= 4 is 11.7 Å². The summed E-state index contributed by atoms with van der Waals surface area (Å²) in [6, 6.07) is 0. The molecule has 1 aliphatic rings. The predicted molar refractivity (Wildman–Crippen MR) is 56.2 cm³/mol. The lowest BCUT2D eigenvalue weighted by molar-refractivity contribution is -0.160. The van der Waals surface area contributed by atoms with Gasteiger partial charge >= 0.3 is 5.97 Å². The molecule has 1 aromatic rings. The summed E-state index contributed by atoms with van der Waals surface area (Å²) in [5.74, 6) is -1.01. The van der Waals surface area contributed by atoms with Crippen LogP contribution in [0.3, 0.4) is 0 Å². The number of rotatable bonds is 2. The van der Waals surface area contributed by atoms with E-state index in [1.807, 2.05) is 14.0 Å². The molecule has 0 spiro atoms. The maximum absolute atomic E-state index is 11.0. The van der Waals surface area contributed by atoms with Gasteiger partial charge < -0.3 is 9.94 Å². The van der Waals surface area contributed by atoms with Crippen LogP contribution < -0.4 is 0 Å². The molecule has 1 atom stereocenters. The molecule has 0 saturated heterocycles. The number of hydrogen-bond acceptors (Lipinski definition) is 4. The Hall–Kier alpha value is -1.85. The molecule has 16 heavy (non-hydrogen) atoms. The van der Waals surface area contributed by atoms with E-state index in [-0.39, 0.29) is 6.42 Å². The Morgan fingerprint density at radius 3 is 2.81 bits per heavy atom. The zero-order valence-corrected chi connectivity index (χ0v) is 9.39. The first-order valence-electron chi connectivity index (χ1n) is 4.91. The van der Waals surface area contributed by atoms with Crippen LogP contribution >= 0.6 is 0 Å². The largest absolute Gasteiger partial charge is 0.478 e. The highest BCUT2D eigenvalue weighted by Crippen LogP contribution is 2.27. The summed E-state index contributed by atoms with van der Waals surface area (Å²) < 4.78 is 1.72. The summed E-state index contributed by atoms with van der Waals surface area (Å²) in [5, 5.41) is 16.9. The smallest absolute Gasteiger partial charge is 0.351 e. The zero-order chi connectivity index (χ0) is 11.9. The minimum Gasteiger partial charge on any atom is -0.478 e. The van der Waals surface area contributed by atoms with Gasteiger partial charge in [-0.15, -0.1) is 0 Å². The molecule has 0 bridgehead atoms. The fraction of sp³-hybridized carbons (Fsp3) is 0.500. The number of aliphatic carboxylic acids is 1. The van der Waals surface area contributed by atoms with Gasteiger partial charge in [-0.3, -0.25) is 4.68 Å². The minimum atomic E-state index is -1.25. The highest BCUT2D eigenvalue weighted by atomic mass is 16.7. The van der Waals surface area contributed by atoms with Crippen molar-refractivity contribution in [1.29, 1.82) is 0 Å². The SMILES string of the molecule is Cc1c(C2=NOC(C)(C(=O)O)C2)cnn1C. The van der Waals surface area contributed by atoms with Gasteiger partial charge in [-0.05, 0) is 13.8 Å². The van der Waals surface area contributed by atoms with Crippen LogP contribution in [-0.4, -0.2) is 32.2 Å². The molecule has 1 unspecified atom stereocenters. The molecule has 0 aromatic carbocycles. The lowest BCUT2D eigenvalue weighted by atomic mass is 9.96. The number of nitrogens with zero attached hydrogens (tertiary/aromatic N) is 3. The predicted octanol–water partition coefficient (Wildman–Crippen LogP) is 0.696. The van der Waals surface area contributed by atoms with Crippen LogP contribution in [0.5, 0.6) is 0 Å². The maximum Gasteiger partial charge on any atom is 0.351 e. The number of hydrogen-bond donors (Lipinski definition) is 1. The summed E-state index contributed by atoms with van der Waals surface area (Å²) in [7, 11) is 1.82. The molecular weight excluding hydrogens is 210 g/mol. The molecule has 6 heteroatoms. The van der Waals surface area contributed by atoms with Crippen LogP contribution in [0.1, 0.15) is 24.6 Å². The summed E-state index contributed by atoms with van der Waals surface area (Å²) in [5.41, 5.74) is 1.16. The third-order valence-corrected chi connectivity index (χ3v) is 2.86. The van der Waals surface area contributed by atoms with Gasteiger partial charge in [0.05, 0.1) is 11.9 Å². The van der Waals surface area contributed by atoms with Crippen LogP contribution in [0, 0.1) is 6.92 Å². The highest BCUT2D eigenvalue weighted by molar-refractivity contribution is 6.05. The maximum atomic E-state index is 11.0. The Kier molecular flexibility index (Phi) is 2.22. The second-order valence-corrected chi connectivity index (χ2v) is 4.11. The molecule has 2 rings (SSSR count). The second kappa shape index (κ2) is 3.33. The van der Waals surface area contributed by atoms with Crippen molar-refractivity contribution < 1.29 is 14.7 Å². The molecule has 2 heterocycles. The molecule has 0 aliphatic carbocycles. The number of carboxylic acid groups (broad SMARTS) is 1. The normalized spacial score (nSPS) is 24.1. The molecule has 0 radical (unpaired) electrons. The summed E-state index contributed by atoms with van der Waals surface area (Å²) in [6.07, 6.45) is 1.93. The standard InChI is InChI=1S/C10H13N3O3/c1-6-7(5-11-13(6)3)8-4-10(2,9(14)15)16-12-8/h5H,4H2,1-3H3,(H,14,15). The van der Waals surface area contributed by atoms with Crippen molar-refractivity contribution in [2.75, 3.05) is 0 Å². The van der Waals surface area contributed by atoms with Crippen LogP contribution in [0.4, 0.5) is 0 Å². The van der Waals surface area contributed by atoms with Crippen LogP contribution in [0.15, 0.2) is 11.4 Å². The average molecular weight is 223 g/mol. The highest BCUT2D eigenvalue weighted by Gasteiger charge is 2.42. The van der Waals surface area contributed by atoms with E-state index < -0.39 is 11.6 Å². The number of carboxylic acids is 1. The van der Waals surface area contributed by atoms with Crippen molar-refractivity contribution in [2.45, 2.75) is 25.9 Å². The molecule has 0 saturated carbocycles. The van der Waals surface area contributed by atoms with Crippen molar-refractivity contribution in [3.63, 3.8) is 0 Å². The van der Waals surface area contributed by atoms with Gasteiger partial charge in [-0.25, -0.2) is 4.79 Å². The first kappa shape index (κ1) is 10.7. The average Bonchev–Trinajstić information content (AvgIpc) is 2.74. The van der Waals surface area contributed by atoms with Crippen molar-refractivity contribution in [2.24, 2.45) is 12.2 Å². The zero-order valence-electron chi connectivity index (χ0n) is 9.39. The lowest BCUT2D eigenvalue weighted by Gasteiger charge is -2.14. The van der Waals surface area contributed by atoms with Crippen LogP contribution in [0.2, 0.25) is 0 Å². The number of carbonyl (C=O) groups is 1.